The average molecular weight is 562 g/mol. The van der Waals surface area contributed by atoms with Crippen molar-refractivity contribution in [3.63, 3.8) is 0 Å². The van der Waals surface area contributed by atoms with Crippen LogP contribution in [0.2, 0.25) is 0 Å². The Balaban J connectivity index is 1.32. The molecule has 0 radical (unpaired) electrons. The van der Waals surface area contributed by atoms with Gasteiger partial charge in [0.1, 0.15) is 23.7 Å². The lowest BCUT2D eigenvalue weighted by atomic mass is 10.0. The maximum absolute atomic E-state index is 14.2. The number of H-pyrrole nitrogens is 1. The van der Waals surface area contributed by atoms with E-state index in [9.17, 15) is 18.0 Å². The van der Waals surface area contributed by atoms with Crippen LogP contribution in [0, 0.1) is 0 Å². The molecule has 7 nitrogen and oxygen atoms in total. The zero-order chi connectivity index (χ0) is 27.9. The quantitative estimate of drug-likeness (QED) is 0.242. The molecule has 0 unspecified atom stereocenters. The van der Waals surface area contributed by atoms with Crippen LogP contribution in [0.25, 0.3) is 32.9 Å². The van der Waals surface area contributed by atoms with Crippen LogP contribution in [0.4, 0.5) is 24.0 Å². The third-order valence-electron chi connectivity index (χ3n) is 6.51. The smallest absolute Gasteiger partial charge is 0.417 e. The molecule has 11 heteroatoms. The highest BCUT2D eigenvalue weighted by molar-refractivity contribution is 7.19. The molecule has 3 aromatic carbocycles. The number of nitrogens with zero attached hydrogens (tertiary/aromatic N) is 3. The van der Waals surface area contributed by atoms with Crippen molar-refractivity contribution in [2.24, 2.45) is 0 Å². The third kappa shape index (κ3) is 5.03. The van der Waals surface area contributed by atoms with Crippen molar-refractivity contribution in [3.05, 3.63) is 96.4 Å². The number of amides is 1. The van der Waals surface area contributed by atoms with E-state index in [1.165, 1.54) is 17.4 Å². The Morgan fingerprint density at radius 3 is 2.70 bits per heavy atom. The minimum atomic E-state index is -4.63. The van der Waals surface area contributed by atoms with Crippen LogP contribution in [-0.4, -0.2) is 40.6 Å². The maximum atomic E-state index is 14.2. The van der Waals surface area contributed by atoms with Gasteiger partial charge in [0, 0.05) is 17.4 Å². The minimum Gasteiger partial charge on any atom is -0.495 e. The van der Waals surface area contributed by atoms with Crippen LogP contribution in [0.3, 0.4) is 0 Å². The van der Waals surface area contributed by atoms with Crippen LogP contribution in [0.1, 0.15) is 15.9 Å². The monoisotopic (exact) mass is 561 g/mol. The molecule has 2 aromatic heterocycles. The number of halogens is 3. The molecule has 40 heavy (non-hydrogen) atoms. The molecule has 0 bridgehead atoms. The number of para-hydroxylation sites is 1. The van der Waals surface area contributed by atoms with E-state index in [1.807, 2.05) is 30.3 Å². The number of aromatic nitrogens is 3. The number of hydrogen-bond donors (Lipinski definition) is 2. The number of fused-ring (bicyclic) bond motifs is 1. The van der Waals surface area contributed by atoms with E-state index in [0.29, 0.717) is 41.8 Å². The van der Waals surface area contributed by atoms with Crippen molar-refractivity contribution < 1.29 is 22.7 Å². The minimum absolute atomic E-state index is 0.0149. The van der Waals surface area contributed by atoms with Crippen molar-refractivity contribution in [3.8, 4) is 21.8 Å². The summed E-state index contributed by atoms with van der Waals surface area (Å²) in [5, 5.41) is 3.18. The van der Waals surface area contributed by atoms with Gasteiger partial charge in [-0.3, -0.25) is 10.1 Å². The molecule has 1 saturated heterocycles. The van der Waals surface area contributed by atoms with Crippen LogP contribution in [-0.2, 0) is 10.9 Å². The van der Waals surface area contributed by atoms with E-state index >= 15 is 0 Å². The molecule has 5 aromatic rings. The molecule has 202 valence electrons. The average Bonchev–Trinajstić information content (AvgIpc) is 3.60. The van der Waals surface area contributed by atoms with Gasteiger partial charge >= 0.3 is 6.18 Å². The molecule has 1 aliphatic rings. The number of thiazole rings is 1. The summed E-state index contributed by atoms with van der Waals surface area (Å²) >= 11 is 1.32. The Labute approximate surface area is 231 Å². The number of anilines is 2. The molecule has 1 amide bonds. The lowest BCUT2D eigenvalue weighted by Crippen LogP contribution is -2.34. The zero-order valence-corrected chi connectivity index (χ0v) is 21.8. The molecule has 0 saturated carbocycles. The van der Waals surface area contributed by atoms with Crippen molar-refractivity contribution in [1.29, 1.82) is 0 Å². The van der Waals surface area contributed by atoms with E-state index in [2.05, 4.69) is 26.8 Å². The Hall–Kier alpha value is -4.64. The highest BCUT2D eigenvalue weighted by Gasteiger charge is 2.35. The summed E-state index contributed by atoms with van der Waals surface area (Å²) in [5.74, 6) is 0.0543. The second kappa shape index (κ2) is 10.2. The van der Waals surface area contributed by atoms with E-state index in [-0.39, 0.29) is 22.5 Å². The van der Waals surface area contributed by atoms with Gasteiger partial charge in [-0.15, -0.1) is 0 Å². The molecule has 1 aliphatic heterocycles. The van der Waals surface area contributed by atoms with Gasteiger partial charge in [-0.1, -0.05) is 54.3 Å². The molecule has 0 spiro atoms. The van der Waals surface area contributed by atoms with Gasteiger partial charge in [0.2, 0.25) is 0 Å². The fourth-order valence-corrected chi connectivity index (χ4v) is 5.42. The fraction of sp³-hybridized carbons (Fsp3) is 0.138. The number of morpholine rings is 1. The van der Waals surface area contributed by atoms with E-state index < -0.39 is 17.6 Å². The number of carbonyl (C=O) groups excluding carboxylic acids is 1. The molecule has 0 atom stereocenters. The molecular weight excluding hydrogens is 539 g/mol. The number of rotatable bonds is 5. The summed E-state index contributed by atoms with van der Waals surface area (Å²) in [6.07, 6.45) is -2.95. The molecule has 0 aliphatic carbocycles. The van der Waals surface area contributed by atoms with E-state index in [1.54, 1.807) is 35.4 Å². The second-order valence-corrected chi connectivity index (χ2v) is 10.2. The van der Waals surface area contributed by atoms with Crippen LogP contribution >= 0.6 is 11.3 Å². The van der Waals surface area contributed by atoms with Gasteiger partial charge in [0.15, 0.2) is 5.13 Å². The van der Waals surface area contributed by atoms with Crippen molar-refractivity contribution in [2.75, 3.05) is 29.9 Å². The SMILES string of the molecule is C=C1CN(c2ccc(-c3nc4c(C(=O)Nc5ncc(-c6ccccc6)s5)cccc4[nH]3)c(C(F)(F)F)c2)CCO1. The van der Waals surface area contributed by atoms with Crippen LogP contribution < -0.4 is 10.2 Å². The molecule has 1 fully saturated rings. The molecule has 3 heterocycles. The lowest BCUT2D eigenvalue weighted by molar-refractivity contribution is -0.137. The van der Waals surface area contributed by atoms with Gasteiger partial charge in [0.25, 0.3) is 5.91 Å². The predicted molar refractivity (Wildman–Crippen MR) is 149 cm³/mol. The van der Waals surface area contributed by atoms with Crippen LogP contribution in [0.15, 0.2) is 85.3 Å². The number of nitrogens with one attached hydrogen (secondary N) is 2. The third-order valence-corrected chi connectivity index (χ3v) is 7.47. The largest absolute Gasteiger partial charge is 0.495 e. The lowest BCUT2D eigenvalue weighted by Gasteiger charge is -2.31. The summed E-state index contributed by atoms with van der Waals surface area (Å²) < 4.78 is 48.0. The van der Waals surface area contributed by atoms with Crippen molar-refractivity contribution in [1.82, 2.24) is 15.0 Å². The fourth-order valence-electron chi connectivity index (χ4n) is 4.60. The van der Waals surface area contributed by atoms with E-state index in [0.717, 1.165) is 16.5 Å². The number of imidazole rings is 1. The van der Waals surface area contributed by atoms with Crippen LogP contribution in [0.5, 0.6) is 0 Å². The standard InChI is InChI=1S/C29H22F3N5O2S/c1-17-16-37(12-13-39-17)19-10-11-20(22(14-19)29(30,31)32)26-34-23-9-5-8-21(25(23)35-26)27(38)36-28-33-15-24(40-28)18-6-3-2-4-7-18/h2-11,14-15H,1,12-13,16H2,(H,34,35)(H,33,36,38). The van der Waals surface area contributed by atoms with Gasteiger partial charge < -0.3 is 14.6 Å². The van der Waals surface area contributed by atoms with E-state index in [4.69, 9.17) is 4.74 Å². The van der Waals surface area contributed by atoms with Gasteiger partial charge in [-0.2, -0.15) is 13.2 Å². The van der Waals surface area contributed by atoms with Gasteiger partial charge in [-0.05, 0) is 35.9 Å². The highest BCUT2D eigenvalue weighted by Crippen LogP contribution is 2.39. The molecule has 2 N–H and O–H groups in total. The molecular formula is C29H22F3N5O2S. The van der Waals surface area contributed by atoms with Crippen molar-refractivity contribution >= 4 is 39.1 Å². The Morgan fingerprint density at radius 1 is 1.10 bits per heavy atom. The van der Waals surface area contributed by atoms with Crippen molar-refractivity contribution in [2.45, 2.75) is 6.18 Å². The highest BCUT2D eigenvalue weighted by atomic mass is 32.1. The summed E-state index contributed by atoms with van der Waals surface area (Å²) in [6.45, 7) is 4.89. The Bertz CT molecular complexity index is 1730. The number of hydrogen-bond acceptors (Lipinski definition) is 6. The number of carbonyl (C=O) groups is 1. The second-order valence-electron chi connectivity index (χ2n) is 9.17. The number of alkyl halides is 3. The first-order chi connectivity index (χ1) is 19.3. The Morgan fingerprint density at radius 2 is 1.93 bits per heavy atom. The number of benzene rings is 3. The summed E-state index contributed by atoms with van der Waals surface area (Å²) in [7, 11) is 0. The summed E-state index contributed by atoms with van der Waals surface area (Å²) in [5.41, 5.74) is 1.36. The normalized spacial score (nSPS) is 13.9. The first kappa shape index (κ1) is 25.6. The van der Waals surface area contributed by atoms with Gasteiger partial charge in [0.05, 0.1) is 34.6 Å². The topological polar surface area (TPSA) is 83.1 Å². The summed E-state index contributed by atoms with van der Waals surface area (Å²) in [6, 6.07) is 18.7. The first-order valence-corrected chi connectivity index (χ1v) is 13.2. The molecule has 6 rings (SSSR count). The maximum Gasteiger partial charge on any atom is 0.417 e. The first-order valence-electron chi connectivity index (χ1n) is 12.3. The Kier molecular flexibility index (Phi) is 6.51. The van der Waals surface area contributed by atoms with Gasteiger partial charge in [-0.25, -0.2) is 9.97 Å². The predicted octanol–water partition coefficient (Wildman–Crippen LogP) is 6.97. The zero-order valence-electron chi connectivity index (χ0n) is 21.0. The number of ether oxygens (including phenoxy) is 1. The number of aromatic amines is 1. The summed E-state index contributed by atoms with van der Waals surface area (Å²) in [4.78, 5) is 27.6.